The first-order valence-electron chi connectivity index (χ1n) is 16.9. The Morgan fingerprint density at radius 1 is 0.478 bits per heavy atom. The number of imidazole rings is 2. The van der Waals surface area contributed by atoms with Gasteiger partial charge in [-0.15, -0.1) is 0 Å². The summed E-state index contributed by atoms with van der Waals surface area (Å²) in [5, 5.41) is 0. The average molecular weight is 594 g/mol. The number of nitrogens with zero attached hydrogens (tertiary/aromatic N) is 4. The molecule has 0 aliphatic heterocycles. The average Bonchev–Trinajstić information content (AvgIpc) is 3.80. The maximum atomic E-state index is 8.35. The second kappa shape index (κ2) is 10.5. The molecule has 0 unspecified atom stereocenters. The van der Waals surface area contributed by atoms with Crippen LogP contribution in [0.1, 0.15) is 9.68 Å². The lowest BCUT2D eigenvalue weighted by molar-refractivity contribution is 0.965. The van der Waals surface area contributed by atoms with Gasteiger partial charge in [-0.25, -0.2) is 4.98 Å². The van der Waals surface area contributed by atoms with Gasteiger partial charge in [0.15, 0.2) is 0 Å². The molecule has 0 spiro atoms. The topological polar surface area (TPSA) is 27.2 Å². The molecule has 46 heavy (non-hydrogen) atoms. The monoisotopic (exact) mass is 593 g/mol. The maximum absolute atomic E-state index is 8.35. The molecule has 218 valence electrons. The molecule has 3 aromatic heterocycles. The molecule has 0 saturated heterocycles. The number of aryl methyl sites for hydroxylation is 1. The summed E-state index contributed by atoms with van der Waals surface area (Å²) in [7, 11) is 0. The molecule has 6 aromatic carbocycles. The van der Waals surface area contributed by atoms with Crippen molar-refractivity contribution in [3.05, 3.63) is 169 Å². The van der Waals surface area contributed by atoms with E-state index in [2.05, 4.69) is 123 Å². The van der Waals surface area contributed by atoms with Crippen LogP contribution in [-0.2, 0) is 0 Å². The van der Waals surface area contributed by atoms with E-state index in [-0.39, 0.29) is 5.56 Å². The van der Waals surface area contributed by atoms with Crippen molar-refractivity contribution in [2.45, 2.75) is 6.85 Å². The van der Waals surface area contributed by atoms with Gasteiger partial charge in [-0.2, -0.15) is 0 Å². The van der Waals surface area contributed by atoms with Gasteiger partial charge < -0.3 is 0 Å². The van der Waals surface area contributed by atoms with Crippen LogP contribution in [0.3, 0.4) is 0 Å². The highest BCUT2D eigenvalue weighted by molar-refractivity contribution is 6.02. The predicted molar refractivity (Wildman–Crippen MR) is 190 cm³/mol. The molecule has 0 amide bonds. The van der Waals surface area contributed by atoms with Gasteiger partial charge in [-0.05, 0) is 59.4 Å². The number of hydrogen-bond acceptors (Lipinski definition) is 1. The number of fused-ring (bicyclic) bond motifs is 5. The van der Waals surface area contributed by atoms with Crippen LogP contribution in [0.15, 0.2) is 164 Å². The maximum Gasteiger partial charge on any atom is 0.221 e. The first kappa shape index (κ1) is 23.3. The summed E-state index contributed by atoms with van der Waals surface area (Å²) in [6.07, 6.45) is 0. The number of benzene rings is 6. The lowest BCUT2D eigenvalue weighted by Crippen LogP contribution is -2.07. The summed E-state index contributed by atoms with van der Waals surface area (Å²) in [5.41, 5.74) is 10.7. The highest BCUT2D eigenvalue weighted by Gasteiger charge is 2.31. The second-order valence-electron chi connectivity index (χ2n) is 11.4. The first-order valence-corrected chi connectivity index (χ1v) is 15.4. The Balaban J connectivity index is 1.57. The summed E-state index contributed by atoms with van der Waals surface area (Å²) in [4.78, 5) is 5.20. The molecule has 9 rings (SSSR count). The molecule has 0 atom stereocenters. The Hall–Kier alpha value is -6.13. The number of hydrogen-bond donors (Lipinski definition) is 0. The van der Waals surface area contributed by atoms with Gasteiger partial charge in [-0.3, -0.25) is 13.5 Å². The van der Waals surface area contributed by atoms with E-state index in [1.807, 2.05) is 48.5 Å². The Bertz CT molecular complexity index is 2520. The fourth-order valence-electron chi connectivity index (χ4n) is 6.87. The van der Waals surface area contributed by atoms with Gasteiger partial charge >= 0.3 is 0 Å². The molecule has 0 radical (unpaired) electrons. The van der Waals surface area contributed by atoms with Crippen molar-refractivity contribution in [1.29, 1.82) is 0 Å². The van der Waals surface area contributed by atoms with E-state index >= 15 is 0 Å². The van der Waals surface area contributed by atoms with Gasteiger partial charge in [-0.1, -0.05) is 133 Å². The zero-order chi connectivity index (χ0) is 33.1. The molecular formula is C42H30N4. The van der Waals surface area contributed by atoms with Gasteiger partial charge in [0.25, 0.3) is 0 Å². The Labute approximate surface area is 271 Å². The molecule has 4 heteroatoms. The van der Waals surface area contributed by atoms with E-state index in [0.717, 1.165) is 61.6 Å². The van der Waals surface area contributed by atoms with E-state index in [1.165, 1.54) is 0 Å². The minimum absolute atomic E-state index is 0.237. The third-order valence-corrected chi connectivity index (χ3v) is 8.78. The van der Waals surface area contributed by atoms with E-state index in [1.54, 1.807) is 6.07 Å². The lowest BCUT2D eigenvalue weighted by Gasteiger charge is -2.17. The van der Waals surface area contributed by atoms with Crippen molar-refractivity contribution in [3.63, 3.8) is 0 Å². The van der Waals surface area contributed by atoms with Crippen LogP contribution in [0.2, 0.25) is 0 Å². The number of para-hydroxylation sites is 4. The van der Waals surface area contributed by atoms with E-state index in [4.69, 9.17) is 9.10 Å². The van der Waals surface area contributed by atoms with Crippen molar-refractivity contribution < 1.29 is 4.11 Å². The minimum Gasteiger partial charge on any atom is -0.294 e. The molecule has 0 aliphatic carbocycles. The van der Waals surface area contributed by atoms with Crippen molar-refractivity contribution in [3.8, 4) is 45.0 Å². The van der Waals surface area contributed by atoms with E-state index in [9.17, 15) is 0 Å². The summed E-state index contributed by atoms with van der Waals surface area (Å²) in [5.74, 6) is 1.55. The number of aromatic nitrogens is 4. The van der Waals surface area contributed by atoms with Crippen LogP contribution < -0.4 is 0 Å². The molecule has 9 aromatic rings. The van der Waals surface area contributed by atoms with Crippen LogP contribution >= 0.6 is 0 Å². The molecule has 0 aliphatic rings. The molecule has 3 heterocycles. The smallest absolute Gasteiger partial charge is 0.221 e. The SMILES string of the molecule is [2H]C([2H])([2H])c1cccc2c1nc1n(-c3c(-c4ccccc4)c(-c4ccccc4)c(-c4ccccc4)n3-c3ccccc3)c3ccccc3n21. The van der Waals surface area contributed by atoms with Crippen molar-refractivity contribution in [2.24, 2.45) is 0 Å². The van der Waals surface area contributed by atoms with Crippen LogP contribution in [0.25, 0.3) is 72.9 Å². The van der Waals surface area contributed by atoms with Crippen molar-refractivity contribution in [1.82, 2.24) is 18.5 Å². The summed E-state index contributed by atoms with van der Waals surface area (Å²) < 4.78 is 31.7. The van der Waals surface area contributed by atoms with Crippen LogP contribution in [0, 0.1) is 6.85 Å². The summed E-state index contributed by atoms with van der Waals surface area (Å²) in [6.45, 7) is -2.32. The van der Waals surface area contributed by atoms with Gasteiger partial charge in [0.2, 0.25) is 5.78 Å². The lowest BCUT2D eigenvalue weighted by atomic mass is 9.94. The molecule has 0 bridgehead atoms. The van der Waals surface area contributed by atoms with Crippen LogP contribution in [-0.4, -0.2) is 18.5 Å². The third kappa shape index (κ3) is 3.90. The normalized spacial score (nSPS) is 12.8. The highest BCUT2D eigenvalue weighted by atomic mass is 15.3. The number of rotatable bonds is 5. The quantitative estimate of drug-likeness (QED) is 0.195. The fourth-order valence-corrected chi connectivity index (χ4v) is 6.87. The van der Waals surface area contributed by atoms with Gasteiger partial charge in [0.05, 0.1) is 27.8 Å². The second-order valence-corrected chi connectivity index (χ2v) is 11.4. The molecule has 0 fully saturated rings. The molecule has 0 N–H and O–H groups in total. The Morgan fingerprint density at radius 3 is 1.67 bits per heavy atom. The van der Waals surface area contributed by atoms with Crippen LogP contribution in [0.4, 0.5) is 0 Å². The van der Waals surface area contributed by atoms with Crippen LogP contribution in [0.5, 0.6) is 0 Å². The Morgan fingerprint density at radius 2 is 1.02 bits per heavy atom. The largest absolute Gasteiger partial charge is 0.294 e. The van der Waals surface area contributed by atoms with Gasteiger partial charge in [0, 0.05) is 20.9 Å². The fraction of sp³-hybridized carbons (Fsp3) is 0.0238. The van der Waals surface area contributed by atoms with E-state index in [0.29, 0.717) is 11.3 Å². The molecule has 0 saturated carbocycles. The zero-order valence-electron chi connectivity index (χ0n) is 27.9. The Kier molecular flexibility index (Phi) is 5.31. The zero-order valence-corrected chi connectivity index (χ0v) is 24.9. The van der Waals surface area contributed by atoms with Gasteiger partial charge in [0.1, 0.15) is 5.82 Å². The van der Waals surface area contributed by atoms with Crippen molar-refractivity contribution >= 4 is 27.8 Å². The third-order valence-electron chi connectivity index (χ3n) is 8.78. The minimum atomic E-state index is -2.32. The highest BCUT2D eigenvalue weighted by Crippen LogP contribution is 2.49. The molecular weight excluding hydrogens is 560 g/mol. The first-order chi connectivity index (χ1) is 24.0. The molecule has 4 nitrogen and oxygen atoms in total. The summed E-state index contributed by atoms with van der Waals surface area (Å²) >= 11 is 0. The van der Waals surface area contributed by atoms with Crippen molar-refractivity contribution in [2.75, 3.05) is 0 Å². The predicted octanol–water partition coefficient (Wildman–Crippen LogP) is 10.5. The summed E-state index contributed by atoms with van der Waals surface area (Å²) in [6, 6.07) is 55.7. The van der Waals surface area contributed by atoms with E-state index < -0.39 is 6.85 Å². The standard InChI is InChI=1S/C42H30N4/c1-29-17-16-28-36-39(29)43-42-45(36)34-26-14-15-27-35(34)46(42)41-38(31-20-8-3-9-21-31)37(30-18-6-2-7-19-30)40(32-22-10-4-11-23-32)44(41)33-24-12-5-13-25-33/h2-28H,1H3/i1D3.